The second-order valence-corrected chi connectivity index (χ2v) is 9.79. The van der Waals surface area contributed by atoms with E-state index in [-0.39, 0.29) is 29.5 Å². The number of benzene rings is 1. The van der Waals surface area contributed by atoms with Gasteiger partial charge in [0.1, 0.15) is 5.00 Å². The molecule has 1 aliphatic heterocycles. The van der Waals surface area contributed by atoms with E-state index in [1.54, 1.807) is 6.92 Å². The number of fused-ring (bicyclic) bond motifs is 1. The molecule has 0 fully saturated rings. The van der Waals surface area contributed by atoms with Crippen LogP contribution in [0.5, 0.6) is 0 Å². The van der Waals surface area contributed by atoms with Crippen molar-refractivity contribution in [2.45, 2.75) is 24.8 Å². The third-order valence-corrected chi connectivity index (χ3v) is 6.72. The summed E-state index contributed by atoms with van der Waals surface area (Å²) in [5, 5.41) is 3.22. The van der Waals surface area contributed by atoms with Crippen LogP contribution in [0.15, 0.2) is 29.2 Å². The first-order valence-corrected chi connectivity index (χ1v) is 11.5. The Kier molecular flexibility index (Phi) is 7.45. The van der Waals surface area contributed by atoms with E-state index in [1.807, 2.05) is 7.05 Å². The third kappa shape index (κ3) is 5.16. The fraction of sp³-hybridized carbons (Fsp3) is 0.368. The molecule has 2 heterocycles. The Balaban J connectivity index is 0.00000300. The number of thiophene rings is 1. The number of hydrogen-bond acceptors (Lipinski definition) is 7. The molecule has 0 aliphatic carbocycles. The van der Waals surface area contributed by atoms with Crippen molar-refractivity contribution in [2.24, 2.45) is 0 Å². The molecule has 2 aromatic rings. The average Bonchev–Trinajstić information content (AvgIpc) is 2.98. The molecule has 0 unspecified atom stereocenters. The number of nitrogens with zero attached hydrogens (tertiary/aromatic N) is 1. The van der Waals surface area contributed by atoms with Crippen LogP contribution in [0.4, 0.5) is 5.00 Å². The Morgan fingerprint density at radius 2 is 2.03 bits per heavy atom. The number of hydrogen-bond donors (Lipinski definition) is 1. The lowest BCUT2D eigenvalue weighted by atomic mass is 10.0. The van der Waals surface area contributed by atoms with Gasteiger partial charge < -0.3 is 15.0 Å². The largest absolute Gasteiger partial charge is 0.462 e. The number of sulfone groups is 1. The van der Waals surface area contributed by atoms with E-state index in [2.05, 4.69) is 10.2 Å². The molecule has 1 aliphatic rings. The molecule has 1 aromatic carbocycles. The number of halogens is 1. The highest BCUT2D eigenvalue weighted by Crippen LogP contribution is 2.37. The number of likely N-dealkylation sites (N-methyl/N-ethyl adjacent to an activating group) is 1. The summed E-state index contributed by atoms with van der Waals surface area (Å²) in [6.45, 7) is 3.50. The summed E-state index contributed by atoms with van der Waals surface area (Å²) in [6, 6.07) is 5.83. The number of amides is 1. The first-order valence-electron chi connectivity index (χ1n) is 8.82. The number of carbonyl (C=O) groups is 2. The smallest absolute Gasteiger partial charge is 0.341 e. The highest BCUT2D eigenvalue weighted by Gasteiger charge is 2.28. The van der Waals surface area contributed by atoms with Crippen molar-refractivity contribution in [3.8, 4) is 0 Å². The first-order chi connectivity index (χ1) is 13.2. The molecule has 0 bridgehead atoms. The number of nitrogens with one attached hydrogen (secondary N) is 1. The molecule has 10 heteroatoms. The maximum absolute atomic E-state index is 12.7. The van der Waals surface area contributed by atoms with Gasteiger partial charge in [-0.25, -0.2) is 13.2 Å². The predicted octanol–water partition coefficient (Wildman–Crippen LogP) is 2.99. The maximum Gasteiger partial charge on any atom is 0.341 e. The molecule has 3 rings (SSSR count). The van der Waals surface area contributed by atoms with Crippen molar-refractivity contribution in [1.29, 1.82) is 0 Å². The zero-order chi connectivity index (χ0) is 20.5. The Hall–Kier alpha value is -1.94. The van der Waals surface area contributed by atoms with Gasteiger partial charge in [-0.1, -0.05) is 6.07 Å². The van der Waals surface area contributed by atoms with Crippen LogP contribution in [0.2, 0.25) is 0 Å². The molecule has 0 saturated heterocycles. The van der Waals surface area contributed by atoms with Gasteiger partial charge in [0, 0.05) is 29.8 Å². The Morgan fingerprint density at radius 3 is 2.69 bits per heavy atom. The minimum Gasteiger partial charge on any atom is -0.462 e. The van der Waals surface area contributed by atoms with Crippen LogP contribution in [0.3, 0.4) is 0 Å². The number of ether oxygens (including phenoxy) is 1. The molecule has 0 atom stereocenters. The van der Waals surface area contributed by atoms with Crippen LogP contribution in [0.1, 0.15) is 38.1 Å². The fourth-order valence-corrected chi connectivity index (χ4v) is 5.06. The van der Waals surface area contributed by atoms with Crippen molar-refractivity contribution in [3.63, 3.8) is 0 Å². The minimum atomic E-state index is -3.43. The molecule has 7 nitrogen and oxygen atoms in total. The molecule has 1 amide bonds. The normalized spacial score (nSPS) is 13.9. The lowest BCUT2D eigenvalue weighted by Crippen LogP contribution is -2.26. The second-order valence-electron chi connectivity index (χ2n) is 6.67. The third-order valence-electron chi connectivity index (χ3n) is 4.48. The van der Waals surface area contributed by atoms with Crippen LogP contribution in [0, 0.1) is 0 Å². The van der Waals surface area contributed by atoms with E-state index in [0.717, 1.165) is 23.2 Å². The van der Waals surface area contributed by atoms with Crippen molar-refractivity contribution >= 4 is 50.5 Å². The van der Waals surface area contributed by atoms with Crippen LogP contribution >= 0.6 is 23.7 Å². The fourth-order valence-electron chi connectivity index (χ4n) is 3.08. The number of rotatable bonds is 5. The van der Waals surface area contributed by atoms with Gasteiger partial charge >= 0.3 is 5.97 Å². The lowest BCUT2D eigenvalue weighted by Gasteiger charge is -2.22. The van der Waals surface area contributed by atoms with Gasteiger partial charge in [0.15, 0.2) is 9.84 Å². The Bertz CT molecular complexity index is 1030. The van der Waals surface area contributed by atoms with Gasteiger partial charge in [-0.3, -0.25) is 4.79 Å². The number of anilines is 1. The first kappa shape index (κ1) is 23.3. The summed E-state index contributed by atoms with van der Waals surface area (Å²) >= 11 is 1.36. The Labute approximate surface area is 180 Å². The summed E-state index contributed by atoms with van der Waals surface area (Å²) in [4.78, 5) is 28.5. The summed E-state index contributed by atoms with van der Waals surface area (Å²) in [5.74, 6) is -0.923. The molecule has 1 aromatic heterocycles. The van der Waals surface area contributed by atoms with Gasteiger partial charge in [0.05, 0.1) is 17.1 Å². The topological polar surface area (TPSA) is 92.8 Å². The van der Waals surface area contributed by atoms with Gasteiger partial charge in [-0.05, 0) is 44.2 Å². The Morgan fingerprint density at radius 1 is 1.31 bits per heavy atom. The quantitative estimate of drug-likeness (QED) is 0.692. The second kappa shape index (κ2) is 9.25. The van der Waals surface area contributed by atoms with E-state index in [1.165, 1.54) is 35.6 Å². The van der Waals surface area contributed by atoms with Crippen molar-refractivity contribution < 1.29 is 22.7 Å². The molecule has 1 N–H and O–H groups in total. The summed E-state index contributed by atoms with van der Waals surface area (Å²) in [7, 11) is -1.42. The molecular weight excluding hydrogens is 436 g/mol. The molecule has 0 spiro atoms. The zero-order valence-corrected chi connectivity index (χ0v) is 18.8. The van der Waals surface area contributed by atoms with Crippen molar-refractivity contribution in [2.75, 3.05) is 31.8 Å². The summed E-state index contributed by atoms with van der Waals surface area (Å²) in [5.41, 5.74) is 1.53. The van der Waals surface area contributed by atoms with E-state index in [0.29, 0.717) is 23.5 Å². The molecular formula is C19H23ClN2O5S2. The minimum absolute atomic E-state index is 0. The maximum atomic E-state index is 12.7. The van der Waals surface area contributed by atoms with Crippen molar-refractivity contribution in [3.05, 3.63) is 45.8 Å². The van der Waals surface area contributed by atoms with Gasteiger partial charge in [-0.2, -0.15) is 0 Å². The van der Waals surface area contributed by atoms with Crippen LogP contribution < -0.4 is 5.32 Å². The highest BCUT2D eigenvalue weighted by atomic mass is 35.5. The van der Waals surface area contributed by atoms with Crippen LogP contribution in [0.25, 0.3) is 0 Å². The van der Waals surface area contributed by atoms with Gasteiger partial charge in [0.2, 0.25) is 0 Å². The highest BCUT2D eigenvalue weighted by molar-refractivity contribution is 7.90. The van der Waals surface area contributed by atoms with E-state index < -0.39 is 21.7 Å². The SMILES string of the molecule is CCOC(=O)c1c(NC(=O)c2cccc(S(C)(=O)=O)c2)sc2c1CCN(C)C2.Cl. The average molecular weight is 459 g/mol. The van der Waals surface area contributed by atoms with Crippen LogP contribution in [-0.4, -0.2) is 51.6 Å². The summed E-state index contributed by atoms with van der Waals surface area (Å²) < 4.78 is 28.7. The monoisotopic (exact) mass is 458 g/mol. The molecule has 158 valence electrons. The van der Waals surface area contributed by atoms with Crippen LogP contribution in [-0.2, 0) is 27.5 Å². The van der Waals surface area contributed by atoms with E-state index in [4.69, 9.17) is 4.74 Å². The zero-order valence-electron chi connectivity index (χ0n) is 16.4. The van der Waals surface area contributed by atoms with E-state index >= 15 is 0 Å². The van der Waals surface area contributed by atoms with Crippen molar-refractivity contribution in [1.82, 2.24) is 4.90 Å². The summed E-state index contributed by atoms with van der Waals surface area (Å²) in [6.07, 6.45) is 1.79. The molecule has 29 heavy (non-hydrogen) atoms. The number of esters is 1. The molecule has 0 saturated carbocycles. The molecule has 0 radical (unpaired) electrons. The van der Waals surface area contributed by atoms with Gasteiger partial charge in [-0.15, -0.1) is 23.7 Å². The standard InChI is InChI=1S/C19H22N2O5S2.ClH/c1-4-26-19(23)16-14-8-9-21(2)11-15(14)27-18(16)20-17(22)12-6-5-7-13(10-12)28(3,24)25;/h5-7,10H,4,8-9,11H2,1-3H3,(H,20,22);1H. The van der Waals surface area contributed by atoms with Gasteiger partial charge in [0.25, 0.3) is 5.91 Å². The predicted molar refractivity (Wildman–Crippen MR) is 115 cm³/mol. The lowest BCUT2D eigenvalue weighted by molar-refractivity contribution is 0.0526. The number of carbonyl (C=O) groups excluding carboxylic acids is 2. The van der Waals surface area contributed by atoms with E-state index in [9.17, 15) is 18.0 Å².